The van der Waals surface area contributed by atoms with E-state index in [1.54, 1.807) is 12.8 Å². The molecule has 4 atom stereocenters. The molecule has 0 N–H and O–H groups in total. The third-order valence-electron chi connectivity index (χ3n) is 4.78. The van der Waals surface area contributed by atoms with Gasteiger partial charge in [-0.05, 0) is 42.4 Å². The van der Waals surface area contributed by atoms with Crippen LogP contribution in [-0.4, -0.2) is 0 Å². The Hall–Kier alpha value is 0. The molecule has 0 aromatic heterocycles. The molecule has 0 heteroatoms. The van der Waals surface area contributed by atoms with Crippen molar-refractivity contribution in [1.29, 1.82) is 0 Å². The fraction of sp³-hybridized carbons (Fsp3) is 1.00. The maximum Gasteiger partial charge on any atom is -0.0349 e. The zero-order valence-corrected chi connectivity index (χ0v) is 9.42. The average molecular weight is 180 g/mol. The average Bonchev–Trinajstić information content (AvgIpc) is 2.76. The minimum atomic E-state index is 1.02. The van der Waals surface area contributed by atoms with Gasteiger partial charge in [-0.1, -0.05) is 40.0 Å². The Labute approximate surface area is 83.1 Å². The number of hydrogen-bond acceptors (Lipinski definition) is 0. The normalized spacial score (nSPS) is 38.3. The second-order valence-corrected chi connectivity index (χ2v) is 5.21. The second kappa shape index (κ2) is 3.63. The highest BCUT2D eigenvalue weighted by Gasteiger charge is 2.55. The zero-order chi connectivity index (χ0) is 9.42. The van der Waals surface area contributed by atoms with E-state index in [2.05, 4.69) is 20.8 Å². The molecule has 2 aliphatic rings. The first-order valence-corrected chi connectivity index (χ1v) is 6.31. The van der Waals surface area contributed by atoms with Gasteiger partial charge in [0.1, 0.15) is 0 Å². The molecule has 0 aromatic rings. The molecule has 0 bridgehead atoms. The Morgan fingerprint density at radius 2 is 1.69 bits per heavy atom. The summed E-state index contributed by atoms with van der Waals surface area (Å²) in [4.78, 5) is 0. The van der Waals surface area contributed by atoms with Crippen molar-refractivity contribution >= 4 is 0 Å². The van der Waals surface area contributed by atoms with E-state index in [0.29, 0.717) is 0 Å². The molecule has 0 aliphatic heterocycles. The SMILES string of the molecule is CCC(CC)C(CC)C1CC2CC21. The lowest BCUT2D eigenvalue weighted by Crippen LogP contribution is -2.30. The topological polar surface area (TPSA) is 0 Å². The quantitative estimate of drug-likeness (QED) is 0.597. The van der Waals surface area contributed by atoms with Crippen LogP contribution in [0.3, 0.4) is 0 Å². The van der Waals surface area contributed by atoms with Crippen LogP contribution in [0.15, 0.2) is 0 Å². The Bertz CT molecular complexity index is 167. The Balaban J connectivity index is 1.90. The van der Waals surface area contributed by atoms with Crippen molar-refractivity contribution in [3.63, 3.8) is 0 Å². The Morgan fingerprint density at radius 1 is 1.00 bits per heavy atom. The predicted molar refractivity (Wildman–Crippen MR) is 57.6 cm³/mol. The third kappa shape index (κ3) is 1.53. The molecule has 4 unspecified atom stereocenters. The number of hydrogen-bond donors (Lipinski definition) is 0. The van der Waals surface area contributed by atoms with E-state index in [1.165, 1.54) is 31.1 Å². The molecule has 13 heavy (non-hydrogen) atoms. The number of fused-ring (bicyclic) bond motifs is 1. The molecule has 0 radical (unpaired) electrons. The summed E-state index contributed by atoms with van der Waals surface area (Å²) < 4.78 is 0. The first-order chi connectivity index (χ1) is 6.31. The molecule has 0 aromatic carbocycles. The fourth-order valence-electron chi connectivity index (χ4n) is 3.77. The van der Waals surface area contributed by atoms with Gasteiger partial charge in [0.2, 0.25) is 0 Å². The van der Waals surface area contributed by atoms with Crippen LogP contribution in [0, 0.1) is 29.6 Å². The molecule has 2 fully saturated rings. The van der Waals surface area contributed by atoms with Gasteiger partial charge in [0.15, 0.2) is 0 Å². The second-order valence-electron chi connectivity index (χ2n) is 5.21. The van der Waals surface area contributed by atoms with Crippen molar-refractivity contribution in [1.82, 2.24) is 0 Å². The highest BCUT2D eigenvalue weighted by molar-refractivity contribution is 5.05. The molecule has 76 valence electrons. The van der Waals surface area contributed by atoms with Crippen LogP contribution in [0.4, 0.5) is 0 Å². The largest absolute Gasteiger partial charge is 0.0651 e. The molecule has 2 aliphatic carbocycles. The van der Waals surface area contributed by atoms with Crippen LogP contribution in [0.1, 0.15) is 52.9 Å². The molecule has 2 rings (SSSR count). The van der Waals surface area contributed by atoms with Crippen LogP contribution in [0.5, 0.6) is 0 Å². The van der Waals surface area contributed by atoms with E-state index < -0.39 is 0 Å². The Kier molecular flexibility index (Phi) is 2.67. The molecule has 2 saturated carbocycles. The molecule has 0 nitrogen and oxygen atoms in total. The van der Waals surface area contributed by atoms with Crippen molar-refractivity contribution in [2.45, 2.75) is 52.9 Å². The van der Waals surface area contributed by atoms with Gasteiger partial charge in [-0.25, -0.2) is 0 Å². The third-order valence-corrected chi connectivity index (χ3v) is 4.78. The van der Waals surface area contributed by atoms with Crippen molar-refractivity contribution in [2.75, 3.05) is 0 Å². The van der Waals surface area contributed by atoms with E-state index in [9.17, 15) is 0 Å². The van der Waals surface area contributed by atoms with Gasteiger partial charge in [0.25, 0.3) is 0 Å². The van der Waals surface area contributed by atoms with Gasteiger partial charge in [-0.15, -0.1) is 0 Å². The molecule has 0 heterocycles. The minimum Gasteiger partial charge on any atom is -0.0651 e. The van der Waals surface area contributed by atoms with Crippen LogP contribution in [0.2, 0.25) is 0 Å². The summed E-state index contributed by atoms with van der Waals surface area (Å²) in [5.41, 5.74) is 0. The molecule has 0 amide bonds. The van der Waals surface area contributed by atoms with Crippen LogP contribution < -0.4 is 0 Å². The van der Waals surface area contributed by atoms with E-state index in [0.717, 1.165) is 17.8 Å². The predicted octanol–water partition coefficient (Wildman–Crippen LogP) is 4.10. The fourth-order valence-corrected chi connectivity index (χ4v) is 3.77. The van der Waals surface area contributed by atoms with Gasteiger partial charge >= 0.3 is 0 Å². The van der Waals surface area contributed by atoms with Gasteiger partial charge in [0, 0.05) is 0 Å². The van der Waals surface area contributed by atoms with Crippen LogP contribution in [-0.2, 0) is 0 Å². The summed E-state index contributed by atoms with van der Waals surface area (Å²) in [5.74, 6) is 5.61. The van der Waals surface area contributed by atoms with Crippen LogP contribution in [0.25, 0.3) is 0 Å². The monoisotopic (exact) mass is 180 g/mol. The minimum absolute atomic E-state index is 1.02. The van der Waals surface area contributed by atoms with Crippen molar-refractivity contribution in [3.8, 4) is 0 Å². The standard InChI is InChI=1S/C13H24/c1-4-9(5-2)11(6-3)13-8-10-7-12(10)13/h9-13H,4-8H2,1-3H3. The maximum absolute atomic E-state index is 2.40. The lowest BCUT2D eigenvalue weighted by Gasteiger charge is -2.37. The number of rotatable bonds is 5. The van der Waals surface area contributed by atoms with Crippen LogP contribution >= 0.6 is 0 Å². The van der Waals surface area contributed by atoms with E-state index in [4.69, 9.17) is 0 Å². The van der Waals surface area contributed by atoms with Gasteiger partial charge in [-0.3, -0.25) is 0 Å². The first kappa shape index (κ1) is 9.55. The van der Waals surface area contributed by atoms with Crippen molar-refractivity contribution < 1.29 is 0 Å². The molecular weight excluding hydrogens is 156 g/mol. The summed E-state index contributed by atoms with van der Waals surface area (Å²) in [7, 11) is 0. The summed E-state index contributed by atoms with van der Waals surface area (Å²) in [6.45, 7) is 7.15. The smallest absolute Gasteiger partial charge is 0.0349 e. The zero-order valence-electron chi connectivity index (χ0n) is 9.42. The molecular formula is C13H24. The highest BCUT2D eigenvalue weighted by atomic mass is 14.6. The molecule has 0 spiro atoms. The summed E-state index contributed by atoms with van der Waals surface area (Å²) in [5, 5.41) is 0. The lowest BCUT2D eigenvalue weighted by molar-refractivity contribution is 0.119. The Morgan fingerprint density at radius 3 is 2.00 bits per heavy atom. The van der Waals surface area contributed by atoms with Gasteiger partial charge < -0.3 is 0 Å². The van der Waals surface area contributed by atoms with E-state index >= 15 is 0 Å². The lowest BCUT2D eigenvalue weighted by atomic mass is 9.68. The van der Waals surface area contributed by atoms with Crippen molar-refractivity contribution in [3.05, 3.63) is 0 Å². The summed E-state index contributed by atoms with van der Waals surface area (Å²) in [6.07, 6.45) is 7.41. The van der Waals surface area contributed by atoms with Gasteiger partial charge in [-0.2, -0.15) is 0 Å². The molecule has 0 saturated heterocycles. The van der Waals surface area contributed by atoms with E-state index in [1.807, 2.05) is 0 Å². The van der Waals surface area contributed by atoms with Crippen molar-refractivity contribution in [2.24, 2.45) is 29.6 Å². The maximum atomic E-state index is 2.40. The summed E-state index contributed by atoms with van der Waals surface area (Å²) in [6, 6.07) is 0. The van der Waals surface area contributed by atoms with Gasteiger partial charge in [0.05, 0.1) is 0 Å². The summed E-state index contributed by atoms with van der Waals surface area (Å²) >= 11 is 0. The van der Waals surface area contributed by atoms with E-state index in [-0.39, 0.29) is 0 Å². The first-order valence-electron chi connectivity index (χ1n) is 6.31. The highest BCUT2D eigenvalue weighted by Crippen LogP contribution is 2.63.